The highest BCUT2D eigenvalue weighted by Crippen LogP contribution is 2.26. The van der Waals surface area contributed by atoms with Crippen molar-refractivity contribution in [3.63, 3.8) is 0 Å². The number of allylic oxidation sites excluding steroid dienone is 4. The van der Waals surface area contributed by atoms with E-state index in [0.717, 1.165) is 64.2 Å². The molecule has 12 nitrogen and oxygen atoms in total. The second-order valence-corrected chi connectivity index (χ2v) is 19.2. The zero-order chi connectivity index (χ0) is 46.8. The fraction of sp³-hybridized carbons (Fsp3) is 0.902. The quantitative estimate of drug-likeness (QED) is 0.0197. The summed E-state index contributed by atoms with van der Waals surface area (Å²) in [5.41, 5.74) is 0. The van der Waals surface area contributed by atoms with Crippen LogP contribution in [-0.4, -0.2) is 97.5 Å². The van der Waals surface area contributed by atoms with E-state index >= 15 is 0 Å². The molecule has 378 valence electrons. The minimum atomic E-state index is -5.06. The fourth-order valence-electron chi connectivity index (χ4n) is 8.10. The fourth-order valence-corrected chi connectivity index (χ4v) is 8.61. The van der Waals surface area contributed by atoms with E-state index in [4.69, 9.17) is 18.9 Å². The number of rotatable bonds is 46. The third-order valence-electron chi connectivity index (χ3n) is 12.1. The highest BCUT2D eigenvalue weighted by atomic mass is 32.3. The summed E-state index contributed by atoms with van der Waals surface area (Å²) in [5.74, 6) is -0.398. The SMILES string of the molecule is CCCC/C=C\C/C=C\CCCCCCCCOCC(COC1OC(CO)C(O)C(OS(=O)(=O)O)C1O)OC(=O)CCCCCCCCCCCCCCCCCCCCCCCC. The van der Waals surface area contributed by atoms with Crippen molar-refractivity contribution in [3.8, 4) is 0 Å². The molecule has 4 N–H and O–H groups in total. The molecular formula is C51H96O12S. The first kappa shape index (κ1) is 60.6. The standard InChI is InChI=1S/C51H96O12S/c1-3-5-7-9-11-13-15-17-19-20-21-22-23-24-25-26-28-30-32-34-36-38-40-47(53)61-45(44-60-51-49(55)50(63-64(56,57)58)48(54)46(42-52)62-51)43-59-41-39-37-35-33-31-29-27-18-16-14-12-10-8-6-4-2/h10,12,16,18,45-46,48-52,54-55H,3-9,11,13-15,17,19-44H2,1-2H3,(H,56,57,58)/b12-10-,18-16-. The lowest BCUT2D eigenvalue weighted by molar-refractivity contribution is -0.301. The molecule has 1 aliphatic heterocycles. The minimum Gasteiger partial charge on any atom is -0.457 e. The molecule has 6 unspecified atom stereocenters. The van der Waals surface area contributed by atoms with Gasteiger partial charge in [0, 0.05) is 13.0 Å². The molecule has 1 aliphatic rings. The Morgan fingerprint density at radius 3 is 1.53 bits per heavy atom. The Hall–Kier alpha value is -1.42. The van der Waals surface area contributed by atoms with Gasteiger partial charge >= 0.3 is 16.4 Å². The average molecular weight is 933 g/mol. The molecule has 0 aromatic carbocycles. The van der Waals surface area contributed by atoms with Gasteiger partial charge in [-0.25, -0.2) is 4.18 Å². The summed E-state index contributed by atoms with van der Waals surface area (Å²) in [6.45, 7) is 3.97. The molecule has 64 heavy (non-hydrogen) atoms. The molecule has 13 heteroatoms. The molecule has 6 atom stereocenters. The van der Waals surface area contributed by atoms with E-state index < -0.39 is 59.8 Å². The molecule has 0 saturated carbocycles. The van der Waals surface area contributed by atoms with Crippen LogP contribution in [0.1, 0.15) is 232 Å². The van der Waals surface area contributed by atoms with Gasteiger partial charge in [0.2, 0.25) is 0 Å². The predicted octanol–water partition coefficient (Wildman–Crippen LogP) is 12.0. The number of carbonyl (C=O) groups is 1. The van der Waals surface area contributed by atoms with Crippen molar-refractivity contribution in [3.05, 3.63) is 24.3 Å². The number of hydrogen-bond acceptors (Lipinski definition) is 11. The maximum atomic E-state index is 12.9. The predicted molar refractivity (Wildman–Crippen MR) is 257 cm³/mol. The number of hydrogen-bond donors (Lipinski definition) is 4. The molecule has 0 bridgehead atoms. The molecule has 0 radical (unpaired) electrons. The lowest BCUT2D eigenvalue weighted by atomic mass is 9.99. The van der Waals surface area contributed by atoms with E-state index in [1.165, 1.54) is 141 Å². The van der Waals surface area contributed by atoms with Crippen LogP contribution in [0.5, 0.6) is 0 Å². The van der Waals surface area contributed by atoms with Crippen LogP contribution in [0.25, 0.3) is 0 Å². The van der Waals surface area contributed by atoms with Gasteiger partial charge in [-0.05, 0) is 38.5 Å². The summed E-state index contributed by atoms with van der Waals surface area (Å²) in [5, 5.41) is 30.7. The summed E-state index contributed by atoms with van der Waals surface area (Å²) in [6.07, 6.45) is 40.7. The zero-order valence-electron chi connectivity index (χ0n) is 40.6. The van der Waals surface area contributed by atoms with Gasteiger partial charge in [-0.3, -0.25) is 9.35 Å². The molecule has 1 fully saturated rings. The molecule has 0 spiro atoms. The minimum absolute atomic E-state index is 0.0328. The summed E-state index contributed by atoms with van der Waals surface area (Å²) < 4.78 is 59.2. The van der Waals surface area contributed by atoms with Crippen molar-refractivity contribution in [1.82, 2.24) is 0 Å². The zero-order valence-corrected chi connectivity index (χ0v) is 41.4. The Bertz CT molecular complexity index is 1210. The van der Waals surface area contributed by atoms with Gasteiger partial charge in [0.25, 0.3) is 0 Å². The lowest BCUT2D eigenvalue weighted by Crippen LogP contribution is -2.60. The van der Waals surface area contributed by atoms with Crippen molar-refractivity contribution in [2.75, 3.05) is 26.4 Å². The topological polar surface area (TPSA) is 178 Å². The van der Waals surface area contributed by atoms with Gasteiger partial charge in [0.05, 0.1) is 19.8 Å². The highest BCUT2D eigenvalue weighted by Gasteiger charge is 2.48. The van der Waals surface area contributed by atoms with Gasteiger partial charge in [0.15, 0.2) is 6.29 Å². The van der Waals surface area contributed by atoms with Crippen molar-refractivity contribution in [2.45, 2.75) is 269 Å². The molecule has 1 rings (SSSR count). The van der Waals surface area contributed by atoms with Crippen LogP contribution < -0.4 is 0 Å². The van der Waals surface area contributed by atoms with Crippen molar-refractivity contribution >= 4 is 16.4 Å². The molecule has 1 heterocycles. The van der Waals surface area contributed by atoms with Crippen molar-refractivity contribution < 1.29 is 56.2 Å². The molecule has 0 amide bonds. The largest absolute Gasteiger partial charge is 0.457 e. The van der Waals surface area contributed by atoms with Crippen molar-refractivity contribution in [2.24, 2.45) is 0 Å². The number of carbonyl (C=O) groups excluding carboxylic acids is 1. The van der Waals surface area contributed by atoms with Crippen LogP contribution in [0.2, 0.25) is 0 Å². The number of aliphatic hydroxyl groups excluding tert-OH is 3. The van der Waals surface area contributed by atoms with Gasteiger partial charge in [-0.1, -0.05) is 212 Å². The van der Waals surface area contributed by atoms with Crippen LogP contribution in [0.15, 0.2) is 24.3 Å². The van der Waals surface area contributed by atoms with E-state index in [1.807, 2.05) is 0 Å². The summed E-state index contributed by atoms with van der Waals surface area (Å²) in [7, 11) is -5.06. The molecular weight excluding hydrogens is 837 g/mol. The Balaban J connectivity index is 2.33. The normalized spacial score (nSPS) is 19.9. The summed E-state index contributed by atoms with van der Waals surface area (Å²) in [4.78, 5) is 12.9. The lowest BCUT2D eigenvalue weighted by Gasteiger charge is -2.41. The van der Waals surface area contributed by atoms with Crippen molar-refractivity contribution in [1.29, 1.82) is 0 Å². The van der Waals surface area contributed by atoms with E-state index in [-0.39, 0.29) is 19.6 Å². The molecule has 1 saturated heterocycles. The third-order valence-corrected chi connectivity index (χ3v) is 12.5. The average Bonchev–Trinajstić information content (AvgIpc) is 3.27. The molecule has 0 aromatic rings. The van der Waals surface area contributed by atoms with Crippen LogP contribution in [0.4, 0.5) is 0 Å². The Kier molecular flexibility index (Phi) is 40.6. The summed E-state index contributed by atoms with van der Waals surface area (Å²) in [6, 6.07) is 0. The van der Waals surface area contributed by atoms with Gasteiger partial charge in [0.1, 0.15) is 30.5 Å². The van der Waals surface area contributed by atoms with E-state index in [0.29, 0.717) is 13.0 Å². The van der Waals surface area contributed by atoms with Gasteiger partial charge in [-0.2, -0.15) is 8.42 Å². The Morgan fingerprint density at radius 1 is 0.594 bits per heavy atom. The van der Waals surface area contributed by atoms with E-state index in [2.05, 4.69) is 42.3 Å². The first-order valence-corrected chi connectivity index (χ1v) is 27.5. The number of ether oxygens (including phenoxy) is 4. The number of esters is 1. The number of unbranched alkanes of at least 4 members (excludes halogenated alkanes) is 29. The van der Waals surface area contributed by atoms with Crippen LogP contribution in [-0.2, 0) is 38.3 Å². The molecule has 0 aliphatic carbocycles. The van der Waals surface area contributed by atoms with Gasteiger partial charge < -0.3 is 34.3 Å². The second-order valence-electron chi connectivity index (χ2n) is 18.1. The van der Waals surface area contributed by atoms with E-state index in [1.54, 1.807) is 0 Å². The maximum Gasteiger partial charge on any atom is 0.397 e. The maximum absolute atomic E-state index is 12.9. The summed E-state index contributed by atoms with van der Waals surface area (Å²) >= 11 is 0. The number of aliphatic hydroxyl groups is 3. The highest BCUT2D eigenvalue weighted by molar-refractivity contribution is 7.80. The van der Waals surface area contributed by atoms with Crippen LogP contribution in [0.3, 0.4) is 0 Å². The first-order chi connectivity index (χ1) is 31.1. The smallest absolute Gasteiger partial charge is 0.397 e. The van der Waals surface area contributed by atoms with Crippen LogP contribution >= 0.6 is 0 Å². The second kappa shape index (κ2) is 42.9. The van der Waals surface area contributed by atoms with Gasteiger partial charge in [-0.15, -0.1) is 0 Å². The Morgan fingerprint density at radius 2 is 1.05 bits per heavy atom. The van der Waals surface area contributed by atoms with Crippen LogP contribution in [0, 0.1) is 0 Å². The first-order valence-electron chi connectivity index (χ1n) is 26.1. The molecule has 0 aromatic heterocycles. The monoisotopic (exact) mass is 933 g/mol. The third kappa shape index (κ3) is 35.7. The van der Waals surface area contributed by atoms with E-state index in [9.17, 15) is 33.1 Å². The Labute approximate surface area is 391 Å².